The Labute approximate surface area is 241 Å². The van der Waals surface area contributed by atoms with E-state index in [9.17, 15) is 43.7 Å². The van der Waals surface area contributed by atoms with Crippen LogP contribution in [-0.4, -0.2) is 53.7 Å². The molecule has 5 aromatic rings. The monoisotopic (exact) mass is 651 g/mol. The Morgan fingerprint density at radius 2 is 1.48 bits per heavy atom. The summed E-state index contributed by atoms with van der Waals surface area (Å²) in [6.45, 7) is 1.48. The van der Waals surface area contributed by atoms with E-state index in [0.717, 1.165) is 21.6 Å². The largest absolute Gasteiger partial charge is 0.301 e. The van der Waals surface area contributed by atoms with E-state index in [0.29, 0.717) is 30.0 Å². The minimum Gasteiger partial charge on any atom is -0.291 e. The first-order valence-electron chi connectivity index (χ1n) is 11.3. The molecule has 0 saturated carbocycles. The zero-order chi connectivity index (χ0) is 30.6. The molecule has 0 saturated heterocycles. The maximum atomic E-state index is 13.2. The number of thiazole rings is 1. The van der Waals surface area contributed by atoms with Gasteiger partial charge in [-0.15, -0.1) is 21.6 Å². The van der Waals surface area contributed by atoms with E-state index in [2.05, 4.69) is 20.3 Å². The zero-order valence-electron chi connectivity index (χ0n) is 20.9. The summed E-state index contributed by atoms with van der Waals surface area (Å²) in [7, 11) is -15.2. The quantitative estimate of drug-likeness (QED) is 0.145. The molecule has 0 aliphatic carbocycles. The number of aromatic amines is 1. The highest BCUT2D eigenvalue weighted by Gasteiger charge is 2.25. The lowest BCUT2D eigenvalue weighted by Gasteiger charge is -2.10. The molecule has 0 spiro atoms. The topological polar surface area (TPSA) is 239 Å². The molecule has 0 atom stereocenters. The van der Waals surface area contributed by atoms with Crippen molar-refractivity contribution in [1.29, 1.82) is 0 Å². The second-order valence-corrected chi connectivity index (χ2v) is 13.8. The predicted molar refractivity (Wildman–Crippen MR) is 150 cm³/mol. The van der Waals surface area contributed by atoms with Crippen LogP contribution in [0.25, 0.3) is 27.2 Å². The summed E-state index contributed by atoms with van der Waals surface area (Å²) in [6, 6.07) is 11.7. The van der Waals surface area contributed by atoms with Crippen molar-refractivity contribution in [3.05, 3.63) is 76.0 Å². The molecule has 218 valence electrons. The molecule has 0 amide bonds. The Hall–Kier alpha value is -4.11. The Bertz CT molecular complexity index is 2300. The number of nitrogens with one attached hydrogen (secondary N) is 1. The van der Waals surface area contributed by atoms with E-state index in [4.69, 9.17) is 0 Å². The lowest BCUT2D eigenvalue weighted by atomic mass is 10.1. The van der Waals surface area contributed by atoms with E-state index in [-0.39, 0.29) is 16.5 Å². The highest BCUT2D eigenvalue weighted by Crippen LogP contribution is 2.37. The van der Waals surface area contributed by atoms with Gasteiger partial charge in [-0.3, -0.25) is 23.6 Å². The van der Waals surface area contributed by atoms with E-state index >= 15 is 0 Å². The van der Waals surface area contributed by atoms with E-state index in [1.165, 1.54) is 6.92 Å². The van der Waals surface area contributed by atoms with Crippen LogP contribution < -0.4 is 5.56 Å². The maximum absolute atomic E-state index is 13.2. The maximum Gasteiger partial charge on any atom is 0.301 e. The van der Waals surface area contributed by atoms with Crippen LogP contribution in [0.4, 0.5) is 11.4 Å². The van der Waals surface area contributed by atoms with Crippen molar-refractivity contribution in [2.45, 2.75) is 21.6 Å². The number of aromatic nitrogens is 3. The molecule has 0 unspecified atom stereocenters. The number of fused-ring (bicyclic) bond motifs is 1. The Balaban J connectivity index is 1.69. The minimum atomic E-state index is -5.20. The van der Waals surface area contributed by atoms with Crippen LogP contribution >= 0.6 is 11.3 Å². The van der Waals surface area contributed by atoms with Crippen molar-refractivity contribution < 1.29 is 38.9 Å². The average Bonchev–Trinajstić information content (AvgIpc) is 3.50. The zero-order valence-corrected chi connectivity index (χ0v) is 24.2. The van der Waals surface area contributed by atoms with Crippen molar-refractivity contribution in [3.8, 4) is 16.4 Å². The van der Waals surface area contributed by atoms with Gasteiger partial charge in [0, 0.05) is 16.3 Å². The van der Waals surface area contributed by atoms with Crippen LogP contribution in [-0.2, 0) is 30.4 Å². The van der Waals surface area contributed by atoms with Gasteiger partial charge in [0.25, 0.3) is 30.4 Å². The summed E-state index contributed by atoms with van der Waals surface area (Å²) in [4.78, 5) is 14.7. The normalized spacial score (nSPS) is 12.9. The second-order valence-electron chi connectivity index (χ2n) is 8.69. The van der Waals surface area contributed by atoms with E-state index in [1.807, 2.05) is 30.3 Å². The van der Waals surface area contributed by atoms with Gasteiger partial charge < -0.3 is 0 Å². The Morgan fingerprint density at radius 1 is 0.857 bits per heavy atom. The molecule has 0 radical (unpaired) electrons. The van der Waals surface area contributed by atoms with Gasteiger partial charge >= 0.3 is 5.56 Å². The number of hydrogen-bond acceptors (Lipinski definition) is 11. The van der Waals surface area contributed by atoms with Crippen LogP contribution in [0.2, 0.25) is 0 Å². The van der Waals surface area contributed by atoms with Crippen molar-refractivity contribution in [2.75, 3.05) is 0 Å². The van der Waals surface area contributed by atoms with Crippen molar-refractivity contribution in [3.63, 3.8) is 0 Å². The number of azo groups is 1. The molecule has 2 aromatic heterocycles. The van der Waals surface area contributed by atoms with Gasteiger partial charge in [-0.2, -0.15) is 29.9 Å². The molecule has 42 heavy (non-hydrogen) atoms. The number of aryl methyl sites for hydroxylation is 1. The van der Waals surface area contributed by atoms with Gasteiger partial charge in [-0.05, 0) is 36.6 Å². The average molecular weight is 652 g/mol. The van der Waals surface area contributed by atoms with Gasteiger partial charge in [0.05, 0.1) is 26.9 Å². The SMILES string of the molecule is Cc1[nH]n(-c2nc(-c3ccccc3)cs2)c(=O)c1N=Nc1cc(S(=O)(=O)O)cc2cc(S(=O)(=O)O)cc(S(=O)(=O)O)c12. The fraction of sp³-hybridized carbons (Fsp3) is 0.0435. The Morgan fingerprint density at radius 3 is 2.07 bits per heavy atom. The number of hydrogen-bond donors (Lipinski definition) is 4. The number of benzene rings is 3. The van der Waals surface area contributed by atoms with Gasteiger partial charge in [-0.25, -0.2) is 4.98 Å². The third-order valence-corrected chi connectivity index (χ3v) is 9.23. The van der Waals surface area contributed by atoms with Gasteiger partial charge in [0.1, 0.15) is 4.90 Å². The molecular weight excluding hydrogens is 635 g/mol. The number of nitrogens with zero attached hydrogens (tertiary/aromatic N) is 4. The van der Waals surface area contributed by atoms with Gasteiger partial charge in [0.2, 0.25) is 5.13 Å². The first-order valence-corrected chi connectivity index (χ1v) is 16.5. The third-order valence-electron chi connectivity index (χ3n) is 5.86. The molecule has 0 aliphatic rings. The molecule has 5 rings (SSSR count). The first-order chi connectivity index (χ1) is 19.5. The van der Waals surface area contributed by atoms with Gasteiger partial charge in [0.15, 0.2) is 5.69 Å². The summed E-state index contributed by atoms with van der Waals surface area (Å²) in [5, 5.41) is 11.5. The summed E-state index contributed by atoms with van der Waals surface area (Å²) in [5.41, 5.74) is 0.0342. The second kappa shape index (κ2) is 10.3. The molecule has 3 aromatic carbocycles. The number of rotatable bonds is 7. The fourth-order valence-corrected chi connectivity index (χ4v) is 6.68. The minimum absolute atomic E-state index is 0.194. The molecule has 0 fully saturated rings. The standard InChI is InChI=1S/C23H17N5O10S4/c1-12-21(22(29)28(27-12)23-24-18(11-39-23)13-5-3-2-4-6-13)26-25-17-9-15(40(30,31)32)7-14-8-16(41(33,34)35)10-19(20(14)17)42(36,37)38/h2-11,27H,1H3,(H,30,31,32)(H,33,34,35)(H,36,37,38). The van der Waals surface area contributed by atoms with Crippen LogP contribution in [0.5, 0.6) is 0 Å². The molecule has 4 N–H and O–H groups in total. The summed E-state index contributed by atoms with van der Waals surface area (Å²) in [6.07, 6.45) is 0. The van der Waals surface area contributed by atoms with Crippen molar-refractivity contribution in [1.82, 2.24) is 14.8 Å². The lowest BCUT2D eigenvalue weighted by molar-refractivity contribution is 0.480. The van der Waals surface area contributed by atoms with E-state index < -0.39 is 67.1 Å². The van der Waals surface area contributed by atoms with Crippen LogP contribution in [0.15, 0.2) is 89.7 Å². The molecule has 15 nitrogen and oxygen atoms in total. The van der Waals surface area contributed by atoms with E-state index in [1.54, 1.807) is 5.38 Å². The number of H-pyrrole nitrogens is 1. The summed E-state index contributed by atoms with van der Waals surface area (Å²) >= 11 is 1.15. The van der Waals surface area contributed by atoms with Crippen molar-refractivity contribution in [2.24, 2.45) is 10.2 Å². The third kappa shape index (κ3) is 5.66. The fourth-order valence-electron chi connectivity index (χ4n) is 3.98. The highest BCUT2D eigenvalue weighted by molar-refractivity contribution is 7.87. The molecular formula is C23H17N5O10S4. The van der Waals surface area contributed by atoms with Crippen molar-refractivity contribution >= 4 is 63.8 Å². The molecule has 0 aliphatic heterocycles. The Kier molecular flexibility index (Phi) is 7.21. The summed E-state index contributed by atoms with van der Waals surface area (Å²) in [5.74, 6) is 0. The van der Waals surface area contributed by atoms with Crippen LogP contribution in [0, 0.1) is 6.92 Å². The van der Waals surface area contributed by atoms with Crippen LogP contribution in [0.3, 0.4) is 0 Å². The smallest absolute Gasteiger partial charge is 0.291 e. The first kappa shape index (κ1) is 29.4. The molecule has 19 heteroatoms. The van der Waals surface area contributed by atoms with Crippen LogP contribution in [0.1, 0.15) is 5.69 Å². The summed E-state index contributed by atoms with van der Waals surface area (Å²) < 4.78 is 102. The van der Waals surface area contributed by atoms with Gasteiger partial charge in [-0.1, -0.05) is 30.3 Å². The predicted octanol–water partition coefficient (Wildman–Crippen LogP) is 3.91. The molecule has 2 heterocycles. The molecule has 0 bridgehead atoms. The lowest BCUT2D eigenvalue weighted by Crippen LogP contribution is -2.13. The highest BCUT2D eigenvalue weighted by atomic mass is 32.2.